The molecule has 0 spiro atoms. The van der Waals surface area contributed by atoms with Gasteiger partial charge in [0.05, 0.1) is 5.56 Å². The summed E-state index contributed by atoms with van der Waals surface area (Å²) in [7, 11) is 0. The SMILES string of the molecule is C[C](C)Cc1ccc(C)c(NC(=O)c2cccc(C(F)(F)F)c2)c1. The molecule has 2 nitrogen and oxygen atoms in total. The number of aryl methyl sites for hydroxylation is 1. The number of alkyl halides is 3. The second-order valence-electron chi connectivity index (χ2n) is 6.07. The van der Waals surface area contributed by atoms with Gasteiger partial charge in [-0.05, 0) is 54.7 Å². The first-order chi connectivity index (χ1) is 11.2. The van der Waals surface area contributed by atoms with Gasteiger partial charge in [0.15, 0.2) is 0 Å². The number of hydrogen-bond donors (Lipinski definition) is 1. The summed E-state index contributed by atoms with van der Waals surface area (Å²) >= 11 is 0. The van der Waals surface area contributed by atoms with Gasteiger partial charge < -0.3 is 5.32 Å². The van der Waals surface area contributed by atoms with Gasteiger partial charge >= 0.3 is 6.18 Å². The smallest absolute Gasteiger partial charge is 0.322 e. The second-order valence-corrected chi connectivity index (χ2v) is 6.07. The van der Waals surface area contributed by atoms with Gasteiger partial charge in [-0.2, -0.15) is 13.2 Å². The first-order valence-corrected chi connectivity index (χ1v) is 7.54. The number of rotatable bonds is 4. The van der Waals surface area contributed by atoms with Crippen molar-refractivity contribution in [1.29, 1.82) is 0 Å². The fourth-order valence-corrected chi connectivity index (χ4v) is 2.35. The van der Waals surface area contributed by atoms with E-state index in [4.69, 9.17) is 0 Å². The van der Waals surface area contributed by atoms with Gasteiger partial charge in [-0.1, -0.05) is 32.0 Å². The Kier molecular flexibility index (Phi) is 5.32. The van der Waals surface area contributed by atoms with Gasteiger partial charge in [0.25, 0.3) is 5.91 Å². The molecule has 1 amide bonds. The van der Waals surface area contributed by atoms with Crippen LogP contribution < -0.4 is 5.32 Å². The van der Waals surface area contributed by atoms with E-state index in [1.807, 2.05) is 39.0 Å². The molecule has 0 fully saturated rings. The molecule has 0 aliphatic heterocycles. The number of hydrogen-bond acceptors (Lipinski definition) is 1. The van der Waals surface area contributed by atoms with Crippen molar-refractivity contribution in [3.05, 3.63) is 70.6 Å². The van der Waals surface area contributed by atoms with E-state index in [1.165, 1.54) is 18.1 Å². The minimum atomic E-state index is -4.47. The van der Waals surface area contributed by atoms with E-state index in [9.17, 15) is 18.0 Å². The molecule has 0 aliphatic carbocycles. The number of anilines is 1. The molecule has 0 heterocycles. The highest BCUT2D eigenvalue weighted by atomic mass is 19.4. The van der Waals surface area contributed by atoms with Crippen molar-refractivity contribution in [1.82, 2.24) is 0 Å². The van der Waals surface area contributed by atoms with Crippen molar-refractivity contribution in [3.63, 3.8) is 0 Å². The molecule has 0 atom stereocenters. The average molecular weight is 334 g/mol. The Labute approximate surface area is 139 Å². The zero-order chi connectivity index (χ0) is 17.9. The van der Waals surface area contributed by atoms with E-state index < -0.39 is 17.6 Å². The Morgan fingerprint density at radius 2 is 1.79 bits per heavy atom. The second kappa shape index (κ2) is 7.07. The first-order valence-electron chi connectivity index (χ1n) is 7.54. The molecule has 2 aromatic carbocycles. The number of benzene rings is 2. The number of amides is 1. The monoisotopic (exact) mass is 334 g/mol. The molecule has 1 radical (unpaired) electrons. The molecule has 0 unspecified atom stereocenters. The van der Waals surface area contributed by atoms with Crippen molar-refractivity contribution in [2.45, 2.75) is 33.4 Å². The third-order valence-electron chi connectivity index (χ3n) is 3.56. The van der Waals surface area contributed by atoms with Crippen molar-refractivity contribution < 1.29 is 18.0 Å². The maximum Gasteiger partial charge on any atom is 0.416 e. The van der Waals surface area contributed by atoms with Crippen molar-refractivity contribution in [2.24, 2.45) is 0 Å². The summed E-state index contributed by atoms with van der Waals surface area (Å²) in [5, 5.41) is 2.70. The third kappa shape index (κ3) is 4.60. The Morgan fingerprint density at radius 1 is 1.08 bits per heavy atom. The molecule has 5 heteroatoms. The van der Waals surface area contributed by atoms with Crippen LogP contribution in [0.4, 0.5) is 18.9 Å². The molecule has 0 saturated carbocycles. The van der Waals surface area contributed by atoms with E-state index >= 15 is 0 Å². The zero-order valence-electron chi connectivity index (χ0n) is 13.8. The molecule has 127 valence electrons. The maximum absolute atomic E-state index is 12.8. The Morgan fingerprint density at radius 3 is 2.42 bits per heavy atom. The minimum absolute atomic E-state index is 0.0205. The lowest BCUT2D eigenvalue weighted by molar-refractivity contribution is -0.137. The molecule has 0 aliphatic rings. The predicted octanol–water partition coefficient (Wildman–Crippen LogP) is 5.42. The maximum atomic E-state index is 12.8. The molecule has 2 rings (SSSR count). The van der Waals surface area contributed by atoms with Crippen LogP contribution in [-0.2, 0) is 12.6 Å². The van der Waals surface area contributed by atoms with Crippen molar-refractivity contribution >= 4 is 11.6 Å². The van der Waals surface area contributed by atoms with Crippen LogP contribution in [0.1, 0.15) is 40.9 Å². The van der Waals surface area contributed by atoms with E-state index in [-0.39, 0.29) is 5.56 Å². The largest absolute Gasteiger partial charge is 0.416 e. The standard InChI is InChI=1S/C19H19F3NO/c1-12(2)9-14-8-7-13(3)17(10-14)23-18(24)15-5-4-6-16(11-15)19(20,21)22/h4-8,10-11H,9H2,1-3H3,(H,23,24). The fraction of sp³-hybridized carbons (Fsp3) is 0.263. The van der Waals surface area contributed by atoms with Crippen LogP contribution in [0.3, 0.4) is 0 Å². The summed E-state index contributed by atoms with van der Waals surface area (Å²) in [4.78, 5) is 12.3. The van der Waals surface area contributed by atoms with Gasteiger partial charge in [0.2, 0.25) is 0 Å². The molecule has 0 aromatic heterocycles. The van der Waals surface area contributed by atoms with E-state index in [2.05, 4.69) is 5.32 Å². The predicted molar refractivity (Wildman–Crippen MR) is 88.9 cm³/mol. The summed E-state index contributed by atoms with van der Waals surface area (Å²) < 4.78 is 38.3. The quantitative estimate of drug-likeness (QED) is 0.794. The third-order valence-corrected chi connectivity index (χ3v) is 3.56. The normalized spacial score (nSPS) is 11.6. The van der Waals surface area contributed by atoms with Gasteiger partial charge in [-0.25, -0.2) is 0 Å². The summed E-state index contributed by atoms with van der Waals surface area (Å²) in [6.07, 6.45) is -3.69. The highest BCUT2D eigenvalue weighted by molar-refractivity contribution is 6.04. The van der Waals surface area contributed by atoms with E-state index in [0.29, 0.717) is 5.69 Å². The van der Waals surface area contributed by atoms with E-state index in [0.717, 1.165) is 29.7 Å². The van der Waals surface area contributed by atoms with Crippen molar-refractivity contribution in [3.8, 4) is 0 Å². The van der Waals surface area contributed by atoms with Gasteiger partial charge in [0.1, 0.15) is 0 Å². The van der Waals surface area contributed by atoms with E-state index in [1.54, 1.807) is 0 Å². The lowest BCUT2D eigenvalue weighted by atomic mass is 10.0. The topological polar surface area (TPSA) is 29.1 Å². The molecular formula is C19H19F3NO. The van der Waals surface area contributed by atoms with Crippen LogP contribution in [-0.4, -0.2) is 5.91 Å². The first kappa shape index (κ1) is 18.0. The van der Waals surface area contributed by atoms with Gasteiger partial charge in [-0.3, -0.25) is 4.79 Å². The van der Waals surface area contributed by atoms with Crippen LogP contribution in [0.15, 0.2) is 42.5 Å². The average Bonchev–Trinajstić information content (AvgIpc) is 2.49. The Balaban J connectivity index is 2.24. The van der Waals surface area contributed by atoms with Gasteiger partial charge in [-0.15, -0.1) is 0 Å². The lowest BCUT2D eigenvalue weighted by Gasteiger charge is -2.13. The highest BCUT2D eigenvalue weighted by Crippen LogP contribution is 2.30. The number of halogens is 3. The number of carbonyl (C=O) groups excluding carboxylic acids is 1. The Hall–Kier alpha value is -2.30. The lowest BCUT2D eigenvalue weighted by Crippen LogP contribution is -2.14. The summed E-state index contributed by atoms with van der Waals surface area (Å²) in [5.74, 6) is 0.674. The molecule has 24 heavy (non-hydrogen) atoms. The molecule has 2 aromatic rings. The molecule has 0 bridgehead atoms. The summed E-state index contributed by atoms with van der Waals surface area (Å²) in [5.41, 5.74) is 1.65. The zero-order valence-corrected chi connectivity index (χ0v) is 13.8. The molecule has 0 saturated heterocycles. The van der Waals surface area contributed by atoms with Crippen LogP contribution in [0, 0.1) is 12.8 Å². The number of carbonyl (C=O) groups is 1. The highest BCUT2D eigenvalue weighted by Gasteiger charge is 2.30. The fourth-order valence-electron chi connectivity index (χ4n) is 2.35. The van der Waals surface area contributed by atoms with Crippen LogP contribution in [0.5, 0.6) is 0 Å². The number of nitrogens with one attached hydrogen (secondary N) is 1. The molecular weight excluding hydrogens is 315 g/mol. The van der Waals surface area contributed by atoms with Crippen LogP contribution in [0.2, 0.25) is 0 Å². The van der Waals surface area contributed by atoms with Crippen LogP contribution in [0.25, 0.3) is 0 Å². The minimum Gasteiger partial charge on any atom is -0.322 e. The summed E-state index contributed by atoms with van der Waals surface area (Å²) in [6, 6.07) is 10.1. The Bertz CT molecular complexity index is 736. The van der Waals surface area contributed by atoms with Crippen molar-refractivity contribution in [2.75, 3.05) is 5.32 Å². The van der Waals surface area contributed by atoms with Gasteiger partial charge in [0, 0.05) is 11.3 Å². The van der Waals surface area contributed by atoms with Crippen LogP contribution >= 0.6 is 0 Å². The summed E-state index contributed by atoms with van der Waals surface area (Å²) in [6.45, 7) is 5.87. The molecule has 1 N–H and O–H groups in total.